The smallest absolute Gasteiger partial charge is 0.270 e. The lowest BCUT2D eigenvalue weighted by Crippen LogP contribution is -2.46. The van der Waals surface area contributed by atoms with Gasteiger partial charge in [0.25, 0.3) is 5.91 Å². The topological polar surface area (TPSA) is 62.3 Å². The number of hydrogen-bond acceptors (Lipinski definition) is 5. The molecular formula is C20H25N3O2S. The average Bonchev–Trinajstić information content (AvgIpc) is 3.12. The highest BCUT2D eigenvalue weighted by atomic mass is 32.1. The first kappa shape index (κ1) is 18.7. The van der Waals surface area contributed by atoms with Gasteiger partial charge >= 0.3 is 0 Å². The van der Waals surface area contributed by atoms with Gasteiger partial charge in [-0.25, -0.2) is 4.98 Å². The van der Waals surface area contributed by atoms with Crippen molar-refractivity contribution >= 4 is 23.0 Å². The van der Waals surface area contributed by atoms with Crippen molar-refractivity contribution in [2.24, 2.45) is 0 Å². The summed E-state index contributed by atoms with van der Waals surface area (Å²) in [6, 6.07) is 10.1. The van der Waals surface area contributed by atoms with Crippen LogP contribution in [0, 0.1) is 0 Å². The van der Waals surface area contributed by atoms with Gasteiger partial charge in [0, 0.05) is 11.9 Å². The molecule has 1 amide bonds. The molecule has 1 aromatic carbocycles. The highest BCUT2D eigenvalue weighted by Crippen LogP contribution is 2.36. The molecule has 0 spiro atoms. The molecule has 138 valence electrons. The van der Waals surface area contributed by atoms with Crippen molar-refractivity contribution in [3.63, 3.8) is 0 Å². The predicted octanol–water partition coefficient (Wildman–Crippen LogP) is 3.02. The van der Waals surface area contributed by atoms with Crippen LogP contribution in [0.1, 0.15) is 47.7 Å². The maximum Gasteiger partial charge on any atom is 0.270 e. The van der Waals surface area contributed by atoms with E-state index in [-0.39, 0.29) is 17.1 Å². The van der Waals surface area contributed by atoms with Crippen LogP contribution in [0.15, 0.2) is 35.7 Å². The van der Waals surface area contributed by atoms with Gasteiger partial charge in [-0.3, -0.25) is 14.5 Å². The van der Waals surface area contributed by atoms with E-state index in [1.54, 1.807) is 6.92 Å². The maximum absolute atomic E-state index is 12.5. The van der Waals surface area contributed by atoms with Crippen LogP contribution in [0.5, 0.6) is 0 Å². The van der Waals surface area contributed by atoms with Crippen LogP contribution in [-0.4, -0.2) is 41.2 Å². The van der Waals surface area contributed by atoms with Gasteiger partial charge in [-0.1, -0.05) is 30.3 Å². The van der Waals surface area contributed by atoms with Gasteiger partial charge in [0.15, 0.2) is 0 Å². The number of aromatic nitrogens is 1. The molecule has 0 bridgehead atoms. The van der Waals surface area contributed by atoms with Gasteiger partial charge in [0.2, 0.25) is 0 Å². The van der Waals surface area contributed by atoms with E-state index in [4.69, 9.17) is 0 Å². The summed E-state index contributed by atoms with van der Waals surface area (Å²) in [6.07, 6.45) is 1.64. The number of benzene rings is 1. The Morgan fingerprint density at radius 2 is 1.92 bits per heavy atom. The number of thiazole rings is 1. The van der Waals surface area contributed by atoms with Crippen molar-refractivity contribution in [1.82, 2.24) is 15.2 Å². The van der Waals surface area contributed by atoms with Gasteiger partial charge < -0.3 is 5.32 Å². The lowest BCUT2D eigenvalue weighted by molar-refractivity contribution is -0.124. The predicted molar refractivity (Wildman–Crippen MR) is 103 cm³/mol. The molecule has 1 aliphatic heterocycles. The summed E-state index contributed by atoms with van der Waals surface area (Å²) in [4.78, 5) is 31.1. The zero-order valence-electron chi connectivity index (χ0n) is 15.3. The third-order valence-electron chi connectivity index (χ3n) is 5.19. The Morgan fingerprint density at radius 3 is 2.54 bits per heavy atom. The van der Waals surface area contributed by atoms with E-state index in [0.717, 1.165) is 43.0 Å². The lowest BCUT2D eigenvalue weighted by atomic mass is 9.70. The van der Waals surface area contributed by atoms with Gasteiger partial charge in [0.1, 0.15) is 16.5 Å². The molecular weight excluding hydrogens is 346 g/mol. The standard InChI is InChI=1S/C20H25N3O2S/c1-3-21-19(25)17-14-26-18(22-17)13-23-11-9-20(10-12-23,15(2)24)16-7-5-4-6-8-16/h4-8,14H,3,9-13H2,1-2H3,(H,21,25). The summed E-state index contributed by atoms with van der Waals surface area (Å²) < 4.78 is 0. The molecule has 26 heavy (non-hydrogen) atoms. The summed E-state index contributed by atoms with van der Waals surface area (Å²) in [5, 5.41) is 5.53. The molecule has 0 radical (unpaired) electrons. The van der Waals surface area contributed by atoms with Crippen LogP contribution in [0.4, 0.5) is 0 Å². The summed E-state index contributed by atoms with van der Waals surface area (Å²) in [6.45, 7) is 6.64. The highest BCUT2D eigenvalue weighted by Gasteiger charge is 2.40. The second kappa shape index (κ2) is 8.10. The summed E-state index contributed by atoms with van der Waals surface area (Å²) in [5.74, 6) is 0.129. The highest BCUT2D eigenvalue weighted by molar-refractivity contribution is 7.09. The maximum atomic E-state index is 12.5. The Bertz CT molecular complexity index is 764. The molecule has 1 N–H and O–H groups in total. The summed E-state index contributed by atoms with van der Waals surface area (Å²) in [5.41, 5.74) is 1.25. The first-order valence-electron chi connectivity index (χ1n) is 9.06. The quantitative estimate of drug-likeness (QED) is 0.848. The number of piperidine rings is 1. The van der Waals surface area contributed by atoms with E-state index < -0.39 is 0 Å². The molecule has 1 aromatic heterocycles. The molecule has 5 nitrogen and oxygen atoms in total. The number of nitrogens with zero attached hydrogens (tertiary/aromatic N) is 2. The van der Waals surface area contributed by atoms with E-state index in [0.29, 0.717) is 12.2 Å². The Kier molecular flexibility index (Phi) is 5.84. The van der Waals surface area contributed by atoms with Gasteiger partial charge in [-0.2, -0.15) is 0 Å². The second-order valence-corrected chi connectivity index (χ2v) is 7.71. The van der Waals surface area contributed by atoms with Crippen molar-refractivity contribution in [2.45, 2.75) is 38.6 Å². The normalized spacial score (nSPS) is 17.0. The Labute approximate surface area is 158 Å². The molecule has 6 heteroatoms. The zero-order chi connectivity index (χ0) is 18.6. The molecule has 1 saturated heterocycles. The fourth-order valence-electron chi connectivity index (χ4n) is 3.62. The lowest BCUT2D eigenvalue weighted by Gasteiger charge is -2.40. The van der Waals surface area contributed by atoms with E-state index >= 15 is 0 Å². The Hall–Kier alpha value is -2.05. The van der Waals surface area contributed by atoms with E-state index in [1.165, 1.54) is 11.3 Å². The summed E-state index contributed by atoms with van der Waals surface area (Å²) in [7, 11) is 0. The molecule has 0 unspecified atom stereocenters. The zero-order valence-corrected chi connectivity index (χ0v) is 16.1. The molecule has 0 atom stereocenters. The van der Waals surface area contributed by atoms with Crippen molar-refractivity contribution < 1.29 is 9.59 Å². The van der Waals surface area contributed by atoms with Crippen LogP contribution in [0.3, 0.4) is 0 Å². The van der Waals surface area contributed by atoms with Gasteiger partial charge in [0.05, 0.1) is 12.0 Å². The van der Waals surface area contributed by atoms with Crippen LogP contribution < -0.4 is 5.32 Å². The van der Waals surface area contributed by atoms with Crippen LogP contribution >= 0.6 is 11.3 Å². The minimum Gasteiger partial charge on any atom is -0.351 e. The number of carbonyl (C=O) groups excluding carboxylic acids is 2. The first-order chi connectivity index (χ1) is 12.5. The van der Waals surface area contributed by atoms with Crippen molar-refractivity contribution in [3.05, 3.63) is 52.0 Å². The number of hydrogen-bond donors (Lipinski definition) is 1. The number of amides is 1. The van der Waals surface area contributed by atoms with Crippen LogP contribution in [0.25, 0.3) is 0 Å². The molecule has 3 rings (SSSR count). The Balaban J connectivity index is 1.65. The van der Waals surface area contributed by atoms with Crippen molar-refractivity contribution in [3.8, 4) is 0 Å². The third-order valence-corrected chi connectivity index (χ3v) is 6.02. The molecule has 1 aliphatic rings. The number of rotatable bonds is 6. The fourth-order valence-corrected chi connectivity index (χ4v) is 4.44. The molecule has 2 heterocycles. The second-order valence-electron chi connectivity index (χ2n) is 6.77. The minimum absolute atomic E-state index is 0.117. The number of carbonyl (C=O) groups is 2. The van der Waals surface area contributed by atoms with E-state index in [1.807, 2.05) is 30.5 Å². The molecule has 2 aromatic rings. The monoisotopic (exact) mass is 371 g/mol. The number of ketones is 1. The molecule has 1 fully saturated rings. The van der Waals surface area contributed by atoms with E-state index in [9.17, 15) is 9.59 Å². The summed E-state index contributed by atoms with van der Waals surface area (Å²) >= 11 is 1.52. The van der Waals surface area contributed by atoms with Crippen molar-refractivity contribution in [1.29, 1.82) is 0 Å². The van der Waals surface area contributed by atoms with Crippen LogP contribution in [0.2, 0.25) is 0 Å². The minimum atomic E-state index is -0.368. The van der Waals surface area contributed by atoms with Crippen molar-refractivity contribution in [2.75, 3.05) is 19.6 Å². The largest absolute Gasteiger partial charge is 0.351 e. The van der Waals surface area contributed by atoms with E-state index in [2.05, 4.69) is 27.3 Å². The molecule has 0 aliphatic carbocycles. The van der Waals surface area contributed by atoms with Gasteiger partial charge in [-0.15, -0.1) is 11.3 Å². The average molecular weight is 372 g/mol. The Morgan fingerprint density at radius 1 is 1.23 bits per heavy atom. The number of nitrogens with one attached hydrogen (secondary N) is 1. The first-order valence-corrected chi connectivity index (χ1v) is 9.94. The SMILES string of the molecule is CCNC(=O)c1csc(CN2CCC(C(C)=O)(c3ccccc3)CC2)n1. The number of Topliss-reactive ketones (excluding diaryl/α,β-unsaturated/α-hetero) is 1. The number of likely N-dealkylation sites (tertiary alicyclic amines) is 1. The fraction of sp³-hybridized carbons (Fsp3) is 0.450. The van der Waals surface area contributed by atoms with Crippen LogP contribution in [-0.2, 0) is 16.8 Å². The van der Waals surface area contributed by atoms with Gasteiger partial charge in [-0.05, 0) is 45.3 Å². The third kappa shape index (κ3) is 3.86. The molecule has 0 saturated carbocycles.